The van der Waals surface area contributed by atoms with Gasteiger partial charge in [0.2, 0.25) is 5.91 Å². The van der Waals surface area contributed by atoms with Gasteiger partial charge in [-0.05, 0) is 42.2 Å². The van der Waals surface area contributed by atoms with Gasteiger partial charge < -0.3 is 15.4 Å². The fourth-order valence-corrected chi connectivity index (χ4v) is 3.13. The first-order valence-corrected chi connectivity index (χ1v) is 9.05. The molecule has 136 valence electrons. The van der Waals surface area contributed by atoms with Crippen LogP contribution in [0.15, 0.2) is 48.5 Å². The van der Waals surface area contributed by atoms with E-state index in [0.29, 0.717) is 18.6 Å². The first kappa shape index (κ1) is 18.0. The molecule has 0 bridgehead atoms. The van der Waals surface area contributed by atoms with Gasteiger partial charge in [-0.3, -0.25) is 9.59 Å². The van der Waals surface area contributed by atoms with Crippen molar-refractivity contribution in [3.8, 4) is 5.75 Å². The number of hydrogen-bond acceptors (Lipinski definition) is 3. The molecule has 5 heteroatoms. The molecule has 0 spiro atoms. The van der Waals surface area contributed by atoms with E-state index in [4.69, 9.17) is 4.74 Å². The molecule has 0 saturated heterocycles. The Kier molecular flexibility index (Phi) is 5.89. The molecular formula is C21H24N2O3. The third kappa shape index (κ3) is 4.63. The molecule has 1 aliphatic heterocycles. The van der Waals surface area contributed by atoms with Gasteiger partial charge in [-0.2, -0.15) is 0 Å². The van der Waals surface area contributed by atoms with Crippen molar-refractivity contribution in [3.63, 3.8) is 0 Å². The van der Waals surface area contributed by atoms with Crippen molar-refractivity contribution >= 4 is 17.5 Å². The smallest absolute Gasteiger partial charge is 0.258 e. The van der Waals surface area contributed by atoms with Crippen LogP contribution in [-0.2, 0) is 16.0 Å². The molecule has 2 amide bonds. The zero-order valence-electron chi connectivity index (χ0n) is 15.0. The molecule has 1 unspecified atom stereocenters. The average Bonchev–Trinajstić information content (AvgIpc) is 2.66. The molecule has 26 heavy (non-hydrogen) atoms. The van der Waals surface area contributed by atoms with Crippen LogP contribution in [0.25, 0.3) is 0 Å². The number of fused-ring (bicyclic) bond motifs is 1. The van der Waals surface area contributed by atoms with Crippen LogP contribution in [0.5, 0.6) is 5.75 Å². The summed E-state index contributed by atoms with van der Waals surface area (Å²) in [5, 5.41) is 5.89. The Morgan fingerprint density at radius 1 is 1.19 bits per heavy atom. The molecule has 1 heterocycles. The summed E-state index contributed by atoms with van der Waals surface area (Å²) in [5.74, 6) is 0.536. The van der Waals surface area contributed by atoms with E-state index >= 15 is 0 Å². The van der Waals surface area contributed by atoms with Gasteiger partial charge in [-0.15, -0.1) is 0 Å². The Morgan fingerprint density at radius 2 is 2.00 bits per heavy atom. The number of rotatable bonds is 7. The zero-order valence-corrected chi connectivity index (χ0v) is 15.0. The monoisotopic (exact) mass is 352 g/mol. The van der Waals surface area contributed by atoms with Crippen LogP contribution in [0.2, 0.25) is 0 Å². The number of carbonyl (C=O) groups excluding carboxylic acids is 2. The average molecular weight is 352 g/mol. The highest BCUT2D eigenvalue weighted by Gasteiger charge is 2.16. The largest absolute Gasteiger partial charge is 0.484 e. The number of benzene rings is 2. The standard InChI is InChI=1S/C21H24N2O3/c1-2-6-18(15-7-4-3-5-8-15)23-21(25)14-26-17-10-11-19-16(13-17)9-12-20(24)22-19/h3-5,7-8,10-11,13,18H,2,6,9,12,14H2,1H3,(H,22,24)(H,23,25). The first-order chi connectivity index (χ1) is 12.7. The predicted octanol–water partition coefficient (Wildman–Crippen LogP) is 3.61. The molecule has 2 N–H and O–H groups in total. The minimum Gasteiger partial charge on any atom is -0.484 e. The Morgan fingerprint density at radius 3 is 2.77 bits per heavy atom. The minimum absolute atomic E-state index is 0.00366. The van der Waals surface area contributed by atoms with Crippen LogP contribution in [-0.4, -0.2) is 18.4 Å². The summed E-state index contributed by atoms with van der Waals surface area (Å²) in [6.07, 6.45) is 3.04. The number of aryl methyl sites for hydroxylation is 1. The number of nitrogens with one attached hydrogen (secondary N) is 2. The fourth-order valence-electron chi connectivity index (χ4n) is 3.13. The highest BCUT2D eigenvalue weighted by Crippen LogP contribution is 2.26. The topological polar surface area (TPSA) is 67.4 Å². The van der Waals surface area contributed by atoms with Crippen molar-refractivity contribution in [1.29, 1.82) is 0 Å². The normalized spacial score (nSPS) is 14.1. The van der Waals surface area contributed by atoms with Gasteiger partial charge in [0, 0.05) is 12.1 Å². The molecule has 0 radical (unpaired) electrons. The van der Waals surface area contributed by atoms with Crippen LogP contribution < -0.4 is 15.4 Å². The third-order valence-corrected chi connectivity index (χ3v) is 4.46. The van der Waals surface area contributed by atoms with Gasteiger partial charge in [0.1, 0.15) is 5.75 Å². The second kappa shape index (κ2) is 8.52. The Labute approximate surface area is 153 Å². The van der Waals surface area contributed by atoms with Crippen LogP contribution in [0.4, 0.5) is 5.69 Å². The molecule has 1 atom stereocenters. The van der Waals surface area contributed by atoms with Crippen LogP contribution in [0, 0.1) is 0 Å². The van der Waals surface area contributed by atoms with Crippen LogP contribution in [0.1, 0.15) is 43.4 Å². The highest BCUT2D eigenvalue weighted by molar-refractivity contribution is 5.94. The van der Waals surface area contributed by atoms with E-state index in [1.54, 1.807) is 6.07 Å². The van der Waals surface area contributed by atoms with Crippen molar-refractivity contribution in [1.82, 2.24) is 5.32 Å². The quantitative estimate of drug-likeness (QED) is 0.800. The summed E-state index contributed by atoms with van der Waals surface area (Å²) in [4.78, 5) is 23.7. The Balaban J connectivity index is 1.57. The molecule has 2 aromatic carbocycles. The van der Waals surface area contributed by atoms with Gasteiger partial charge in [0.25, 0.3) is 5.91 Å². The highest BCUT2D eigenvalue weighted by atomic mass is 16.5. The summed E-state index contributed by atoms with van der Waals surface area (Å²) in [6, 6.07) is 15.5. The van der Waals surface area contributed by atoms with E-state index in [9.17, 15) is 9.59 Å². The molecule has 0 fully saturated rings. The Hall–Kier alpha value is -2.82. The molecule has 1 aliphatic rings. The van der Waals surface area contributed by atoms with Gasteiger partial charge >= 0.3 is 0 Å². The van der Waals surface area contributed by atoms with Crippen molar-refractivity contribution in [2.24, 2.45) is 0 Å². The number of carbonyl (C=O) groups is 2. The van der Waals surface area contributed by atoms with E-state index in [1.165, 1.54) is 0 Å². The number of hydrogen-bond donors (Lipinski definition) is 2. The summed E-state index contributed by atoms with van der Waals surface area (Å²) < 4.78 is 5.65. The van der Waals surface area contributed by atoms with Crippen LogP contribution in [0.3, 0.4) is 0 Å². The molecule has 2 aromatic rings. The van der Waals surface area contributed by atoms with E-state index in [-0.39, 0.29) is 24.5 Å². The number of anilines is 1. The third-order valence-electron chi connectivity index (χ3n) is 4.46. The predicted molar refractivity (Wildman–Crippen MR) is 101 cm³/mol. The lowest BCUT2D eigenvalue weighted by molar-refractivity contribution is -0.124. The van der Waals surface area contributed by atoms with E-state index in [1.807, 2.05) is 42.5 Å². The second-order valence-corrected chi connectivity index (χ2v) is 6.48. The first-order valence-electron chi connectivity index (χ1n) is 9.05. The van der Waals surface area contributed by atoms with Crippen LogP contribution >= 0.6 is 0 Å². The minimum atomic E-state index is -0.140. The lowest BCUT2D eigenvalue weighted by Crippen LogP contribution is -2.32. The van der Waals surface area contributed by atoms with E-state index in [2.05, 4.69) is 17.6 Å². The number of amides is 2. The van der Waals surface area contributed by atoms with Crippen molar-refractivity contribution in [2.45, 2.75) is 38.6 Å². The maximum Gasteiger partial charge on any atom is 0.258 e. The van der Waals surface area contributed by atoms with Gasteiger partial charge in [-0.1, -0.05) is 43.7 Å². The lowest BCUT2D eigenvalue weighted by atomic mass is 10.0. The van der Waals surface area contributed by atoms with Gasteiger partial charge in [0.05, 0.1) is 6.04 Å². The van der Waals surface area contributed by atoms with Gasteiger partial charge in [0.15, 0.2) is 6.61 Å². The number of ether oxygens (including phenoxy) is 1. The molecular weight excluding hydrogens is 328 g/mol. The van der Waals surface area contributed by atoms with E-state index in [0.717, 1.165) is 29.7 Å². The maximum absolute atomic E-state index is 12.3. The van der Waals surface area contributed by atoms with Crippen molar-refractivity contribution in [2.75, 3.05) is 11.9 Å². The molecule has 3 rings (SSSR count). The van der Waals surface area contributed by atoms with Crippen molar-refractivity contribution < 1.29 is 14.3 Å². The Bertz CT molecular complexity index is 774. The zero-order chi connectivity index (χ0) is 18.4. The summed E-state index contributed by atoms with van der Waals surface area (Å²) in [5.41, 5.74) is 2.97. The SMILES string of the molecule is CCCC(NC(=O)COc1ccc2c(c1)CCC(=O)N2)c1ccccc1. The fraction of sp³-hybridized carbons (Fsp3) is 0.333. The molecule has 5 nitrogen and oxygen atoms in total. The summed E-state index contributed by atoms with van der Waals surface area (Å²) >= 11 is 0. The molecule has 0 aliphatic carbocycles. The van der Waals surface area contributed by atoms with E-state index < -0.39 is 0 Å². The van der Waals surface area contributed by atoms with Crippen molar-refractivity contribution in [3.05, 3.63) is 59.7 Å². The summed E-state index contributed by atoms with van der Waals surface area (Å²) in [6.45, 7) is 2.07. The van der Waals surface area contributed by atoms with Gasteiger partial charge in [-0.25, -0.2) is 0 Å². The molecule has 0 aromatic heterocycles. The summed E-state index contributed by atoms with van der Waals surface area (Å²) in [7, 11) is 0. The maximum atomic E-state index is 12.3. The lowest BCUT2D eigenvalue weighted by Gasteiger charge is -2.20. The second-order valence-electron chi connectivity index (χ2n) is 6.48. The molecule has 0 saturated carbocycles.